The molecule has 1 aliphatic rings. The van der Waals surface area contributed by atoms with E-state index in [0.29, 0.717) is 12.2 Å². The standard InChI is InChI=1S/C13H15BrO4S/c14-11-5-3-10(4-6-11)13(15)9-19(16,17)8-12-2-1-7-18-12/h3-6,12H,1-2,7-9H2. The largest absolute Gasteiger partial charge is 0.377 e. The first-order valence-corrected chi connectivity index (χ1v) is 8.68. The molecule has 0 amide bonds. The number of ether oxygens (including phenoxy) is 1. The molecule has 0 radical (unpaired) electrons. The van der Waals surface area contributed by atoms with Gasteiger partial charge in [0.05, 0.1) is 11.9 Å². The number of benzene rings is 1. The van der Waals surface area contributed by atoms with E-state index in [2.05, 4.69) is 15.9 Å². The molecule has 0 bridgehead atoms. The van der Waals surface area contributed by atoms with Crippen molar-refractivity contribution in [1.29, 1.82) is 0 Å². The molecule has 2 rings (SSSR count). The molecule has 1 aromatic rings. The number of rotatable bonds is 5. The quantitative estimate of drug-likeness (QED) is 0.767. The molecule has 0 aliphatic carbocycles. The van der Waals surface area contributed by atoms with E-state index < -0.39 is 15.6 Å². The number of halogens is 1. The highest BCUT2D eigenvalue weighted by Crippen LogP contribution is 2.16. The van der Waals surface area contributed by atoms with E-state index in [9.17, 15) is 13.2 Å². The number of hydrogen-bond donors (Lipinski definition) is 0. The Morgan fingerprint density at radius 2 is 2.00 bits per heavy atom. The summed E-state index contributed by atoms with van der Waals surface area (Å²) < 4.78 is 30.0. The highest BCUT2D eigenvalue weighted by atomic mass is 79.9. The predicted molar refractivity (Wildman–Crippen MR) is 76.1 cm³/mol. The second-order valence-corrected chi connectivity index (χ2v) is 7.64. The number of carbonyl (C=O) groups is 1. The van der Waals surface area contributed by atoms with Crippen LogP contribution >= 0.6 is 15.9 Å². The monoisotopic (exact) mass is 346 g/mol. The van der Waals surface area contributed by atoms with Gasteiger partial charge in [0.25, 0.3) is 0 Å². The van der Waals surface area contributed by atoms with Crippen molar-refractivity contribution in [3.8, 4) is 0 Å². The Kier molecular flexibility index (Phi) is 4.76. The molecule has 104 valence electrons. The van der Waals surface area contributed by atoms with Crippen molar-refractivity contribution in [2.24, 2.45) is 0 Å². The first kappa shape index (κ1) is 14.7. The van der Waals surface area contributed by atoms with Crippen molar-refractivity contribution >= 4 is 31.6 Å². The minimum Gasteiger partial charge on any atom is -0.377 e. The van der Waals surface area contributed by atoms with E-state index in [1.54, 1.807) is 24.3 Å². The minimum absolute atomic E-state index is 0.0602. The van der Waals surface area contributed by atoms with E-state index >= 15 is 0 Å². The molecule has 1 fully saturated rings. The molecule has 4 nitrogen and oxygen atoms in total. The molecule has 6 heteroatoms. The van der Waals surface area contributed by atoms with Crippen LogP contribution in [0.1, 0.15) is 23.2 Å². The molecule has 0 saturated carbocycles. The van der Waals surface area contributed by atoms with Gasteiger partial charge in [-0.3, -0.25) is 4.79 Å². The highest BCUT2D eigenvalue weighted by molar-refractivity contribution is 9.10. The van der Waals surface area contributed by atoms with Crippen molar-refractivity contribution < 1.29 is 17.9 Å². The van der Waals surface area contributed by atoms with Crippen molar-refractivity contribution in [2.45, 2.75) is 18.9 Å². The van der Waals surface area contributed by atoms with Gasteiger partial charge in [0, 0.05) is 16.6 Å². The maximum atomic E-state index is 11.9. The summed E-state index contributed by atoms with van der Waals surface area (Å²) in [5, 5.41) is 0. The second kappa shape index (κ2) is 6.15. The van der Waals surface area contributed by atoms with Gasteiger partial charge in [-0.05, 0) is 25.0 Å². The van der Waals surface area contributed by atoms with Gasteiger partial charge in [0.2, 0.25) is 0 Å². The number of hydrogen-bond acceptors (Lipinski definition) is 4. The number of Topliss-reactive ketones (excluding diaryl/α,β-unsaturated/α-hetero) is 1. The van der Waals surface area contributed by atoms with Gasteiger partial charge < -0.3 is 4.74 Å². The average molecular weight is 347 g/mol. The first-order valence-electron chi connectivity index (χ1n) is 6.07. The zero-order valence-corrected chi connectivity index (χ0v) is 12.7. The zero-order chi connectivity index (χ0) is 13.9. The summed E-state index contributed by atoms with van der Waals surface area (Å²) in [7, 11) is -3.41. The molecule has 0 aromatic heterocycles. The molecular formula is C13H15BrO4S. The van der Waals surface area contributed by atoms with Crippen molar-refractivity contribution in [3.05, 3.63) is 34.3 Å². The van der Waals surface area contributed by atoms with Gasteiger partial charge in [-0.2, -0.15) is 0 Å². The fourth-order valence-corrected chi connectivity index (χ4v) is 3.81. The predicted octanol–water partition coefficient (Wildman–Crippen LogP) is 2.23. The van der Waals surface area contributed by atoms with Crippen molar-refractivity contribution in [3.63, 3.8) is 0 Å². The smallest absolute Gasteiger partial charge is 0.177 e. The third-order valence-electron chi connectivity index (χ3n) is 2.98. The second-order valence-electron chi connectivity index (χ2n) is 4.62. The Labute approximate surface area is 121 Å². The van der Waals surface area contributed by atoms with E-state index in [-0.39, 0.29) is 17.6 Å². The number of sulfone groups is 1. The number of ketones is 1. The highest BCUT2D eigenvalue weighted by Gasteiger charge is 2.25. The lowest BCUT2D eigenvalue weighted by Gasteiger charge is -2.09. The first-order chi connectivity index (χ1) is 8.96. The summed E-state index contributed by atoms with van der Waals surface area (Å²) in [5.41, 5.74) is 0.416. The Bertz CT molecular complexity index is 545. The van der Waals surface area contributed by atoms with Gasteiger partial charge in [-0.25, -0.2) is 8.42 Å². The average Bonchev–Trinajstić information content (AvgIpc) is 2.81. The van der Waals surface area contributed by atoms with Gasteiger partial charge in [-0.15, -0.1) is 0 Å². The Balaban J connectivity index is 1.99. The summed E-state index contributed by atoms with van der Waals surface area (Å²) in [6, 6.07) is 6.68. The summed E-state index contributed by atoms with van der Waals surface area (Å²) in [6.45, 7) is 0.612. The fraction of sp³-hybridized carbons (Fsp3) is 0.462. The van der Waals surface area contributed by atoms with Gasteiger partial charge >= 0.3 is 0 Å². The SMILES string of the molecule is O=C(CS(=O)(=O)CC1CCCO1)c1ccc(Br)cc1. The molecular weight excluding hydrogens is 332 g/mol. The molecule has 0 N–H and O–H groups in total. The normalized spacial score (nSPS) is 19.5. The van der Waals surface area contributed by atoms with Crippen LogP contribution in [-0.2, 0) is 14.6 Å². The lowest BCUT2D eigenvalue weighted by atomic mass is 10.2. The summed E-state index contributed by atoms with van der Waals surface area (Å²) >= 11 is 3.27. The minimum atomic E-state index is -3.41. The molecule has 1 aromatic carbocycles. The van der Waals surface area contributed by atoms with Gasteiger partial charge in [-0.1, -0.05) is 28.1 Å². The van der Waals surface area contributed by atoms with Crippen molar-refractivity contribution in [1.82, 2.24) is 0 Å². The van der Waals surface area contributed by atoms with E-state index in [1.165, 1.54) is 0 Å². The summed E-state index contributed by atoms with van der Waals surface area (Å²) in [4.78, 5) is 11.9. The third-order valence-corrected chi connectivity index (χ3v) is 5.09. The summed E-state index contributed by atoms with van der Waals surface area (Å²) in [6.07, 6.45) is 1.40. The van der Waals surface area contributed by atoms with Crippen LogP contribution in [0.15, 0.2) is 28.7 Å². The topological polar surface area (TPSA) is 60.4 Å². The maximum Gasteiger partial charge on any atom is 0.177 e. The lowest BCUT2D eigenvalue weighted by molar-refractivity contribution is 0.102. The molecule has 1 unspecified atom stereocenters. The lowest BCUT2D eigenvalue weighted by Crippen LogP contribution is -2.26. The molecule has 1 aliphatic heterocycles. The van der Waals surface area contributed by atoms with Crippen LogP contribution in [0.4, 0.5) is 0 Å². The van der Waals surface area contributed by atoms with Crippen LogP contribution in [0.2, 0.25) is 0 Å². The number of carbonyl (C=O) groups excluding carboxylic acids is 1. The van der Waals surface area contributed by atoms with Crippen molar-refractivity contribution in [2.75, 3.05) is 18.1 Å². The van der Waals surface area contributed by atoms with Crippen LogP contribution in [-0.4, -0.2) is 38.4 Å². The Morgan fingerprint density at radius 1 is 1.32 bits per heavy atom. The fourth-order valence-electron chi connectivity index (χ4n) is 2.04. The summed E-state index contributed by atoms with van der Waals surface area (Å²) in [5.74, 6) is -0.880. The van der Waals surface area contributed by atoms with Crippen LogP contribution in [0, 0.1) is 0 Å². The van der Waals surface area contributed by atoms with Crippen LogP contribution < -0.4 is 0 Å². The molecule has 0 spiro atoms. The van der Waals surface area contributed by atoms with Gasteiger partial charge in [0.1, 0.15) is 5.75 Å². The molecule has 19 heavy (non-hydrogen) atoms. The Morgan fingerprint density at radius 3 is 2.58 bits per heavy atom. The van der Waals surface area contributed by atoms with Crippen LogP contribution in [0.5, 0.6) is 0 Å². The zero-order valence-electron chi connectivity index (χ0n) is 10.3. The molecule has 1 saturated heterocycles. The van der Waals surface area contributed by atoms with Gasteiger partial charge in [0.15, 0.2) is 15.6 Å². The molecule has 1 heterocycles. The van der Waals surface area contributed by atoms with E-state index in [4.69, 9.17) is 4.74 Å². The van der Waals surface area contributed by atoms with E-state index in [0.717, 1.165) is 17.3 Å². The van der Waals surface area contributed by atoms with Crippen LogP contribution in [0.3, 0.4) is 0 Å². The third kappa shape index (κ3) is 4.40. The molecule has 1 atom stereocenters. The maximum absolute atomic E-state index is 11.9. The van der Waals surface area contributed by atoms with E-state index in [1.807, 2.05) is 0 Å². The van der Waals surface area contributed by atoms with Crippen LogP contribution in [0.25, 0.3) is 0 Å². The Hall–Kier alpha value is -0.720.